The summed E-state index contributed by atoms with van der Waals surface area (Å²) in [6.45, 7) is 9.59. The Labute approximate surface area is 118 Å². The van der Waals surface area contributed by atoms with Crippen molar-refractivity contribution in [3.8, 4) is 0 Å². The lowest BCUT2D eigenvalue weighted by atomic mass is 9.81. The fourth-order valence-corrected chi connectivity index (χ4v) is 2.23. The van der Waals surface area contributed by atoms with E-state index in [1.807, 2.05) is 10.6 Å². The summed E-state index contributed by atoms with van der Waals surface area (Å²) in [5, 5.41) is 0. The molecule has 2 aromatic rings. The monoisotopic (exact) mass is 282 g/mol. The minimum atomic E-state index is -0.287. The molecule has 0 saturated carbocycles. The minimum Gasteiger partial charge on any atom is -0.326 e. The summed E-state index contributed by atoms with van der Waals surface area (Å²) < 4.78 is 15.8. The molecule has 0 unspecified atom stereocenters. The van der Waals surface area contributed by atoms with Gasteiger partial charge in [0.2, 0.25) is 0 Å². The van der Waals surface area contributed by atoms with Crippen LogP contribution in [-0.4, -0.2) is 9.55 Å². The Kier molecular flexibility index (Phi) is 3.86. The summed E-state index contributed by atoms with van der Waals surface area (Å²) in [5.41, 5.74) is 1.34. The molecule has 0 aliphatic heterocycles. The van der Waals surface area contributed by atoms with E-state index < -0.39 is 0 Å². The van der Waals surface area contributed by atoms with Gasteiger partial charge in [-0.2, -0.15) is 0 Å². The number of aromatic nitrogens is 2. The molecular formula is C15H20ClFN2. The Morgan fingerprint density at radius 3 is 2.63 bits per heavy atom. The number of fused-ring (bicyclic) bond motifs is 1. The smallest absolute Gasteiger partial charge is 0.151 e. The molecule has 1 aromatic carbocycles. The van der Waals surface area contributed by atoms with Crippen molar-refractivity contribution in [2.24, 2.45) is 11.3 Å². The van der Waals surface area contributed by atoms with Crippen LogP contribution in [0.3, 0.4) is 0 Å². The minimum absolute atomic E-state index is 0.0980. The highest BCUT2D eigenvalue weighted by molar-refractivity contribution is 6.16. The largest absolute Gasteiger partial charge is 0.326 e. The average molecular weight is 283 g/mol. The van der Waals surface area contributed by atoms with E-state index in [9.17, 15) is 4.39 Å². The first-order chi connectivity index (χ1) is 8.86. The lowest BCUT2D eigenvalue weighted by Crippen LogP contribution is -2.26. The van der Waals surface area contributed by atoms with Crippen LogP contribution in [0.15, 0.2) is 18.2 Å². The highest BCUT2D eigenvalue weighted by atomic mass is 35.5. The molecule has 0 aliphatic carbocycles. The summed E-state index contributed by atoms with van der Waals surface area (Å²) in [6, 6.07) is 5.05. The van der Waals surface area contributed by atoms with Crippen LogP contribution in [0.2, 0.25) is 0 Å². The van der Waals surface area contributed by atoms with Gasteiger partial charge >= 0.3 is 0 Å². The third-order valence-corrected chi connectivity index (χ3v) is 4.30. The number of alkyl halides is 1. The first-order valence-corrected chi connectivity index (χ1v) is 7.10. The fourth-order valence-electron chi connectivity index (χ4n) is 2.03. The first-order valence-electron chi connectivity index (χ1n) is 6.56. The molecule has 0 N–H and O–H groups in total. The van der Waals surface area contributed by atoms with E-state index in [2.05, 4.69) is 32.7 Å². The lowest BCUT2D eigenvalue weighted by Gasteiger charge is -2.30. The maximum absolute atomic E-state index is 13.8. The molecule has 0 fully saturated rings. The van der Waals surface area contributed by atoms with Gasteiger partial charge in [0.05, 0.1) is 11.4 Å². The summed E-state index contributed by atoms with van der Waals surface area (Å²) in [4.78, 5) is 4.33. The number of hydrogen-bond acceptors (Lipinski definition) is 1. The zero-order valence-electron chi connectivity index (χ0n) is 11.9. The molecule has 0 atom stereocenters. The molecule has 19 heavy (non-hydrogen) atoms. The summed E-state index contributed by atoms with van der Waals surface area (Å²) in [6.07, 6.45) is 0. The molecule has 4 heteroatoms. The molecule has 0 saturated heterocycles. The van der Waals surface area contributed by atoms with Crippen LogP contribution in [-0.2, 0) is 12.4 Å². The molecule has 104 valence electrons. The van der Waals surface area contributed by atoms with E-state index in [1.165, 1.54) is 6.07 Å². The van der Waals surface area contributed by atoms with Gasteiger partial charge in [0, 0.05) is 6.54 Å². The number of hydrogen-bond donors (Lipinski definition) is 0. The van der Waals surface area contributed by atoms with Crippen molar-refractivity contribution in [2.45, 2.75) is 40.1 Å². The molecule has 0 bridgehead atoms. The first kappa shape index (κ1) is 14.3. The van der Waals surface area contributed by atoms with E-state index in [0.717, 1.165) is 17.9 Å². The van der Waals surface area contributed by atoms with E-state index in [4.69, 9.17) is 11.6 Å². The zero-order chi connectivity index (χ0) is 14.2. The summed E-state index contributed by atoms with van der Waals surface area (Å²) >= 11 is 5.96. The van der Waals surface area contributed by atoms with Gasteiger partial charge in [-0.15, -0.1) is 11.6 Å². The number of nitrogens with zero attached hydrogens (tertiary/aromatic N) is 2. The molecule has 0 amide bonds. The lowest BCUT2D eigenvalue weighted by molar-refractivity contribution is 0.211. The molecule has 0 aliphatic rings. The van der Waals surface area contributed by atoms with Crippen LogP contribution >= 0.6 is 11.6 Å². The fraction of sp³-hybridized carbons (Fsp3) is 0.533. The van der Waals surface area contributed by atoms with E-state index >= 15 is 0 Å². The van der Waals surface area contributed by atoms with E-state index in [1.54, 1.807) is 6.07 Å². The number of halogens is 2. The van der Waals surface area contributed by atoms with Gasteiger partial charge in [0.15, 0.2) is 5.82 Å². The Bertz CT molecular complexity index is 587. The van der Waals surface area contributed by atoms with Gasteiger partial charge in [-0.05, 0) is 23.5 Å². The van der Waals surface area contributed by atoms with Crippen molar-refractivity contribution in [2.75, 3.05) is 0 Å². The molecule has 0 spiro atoms. The molecule has 2 rings (SSSR count). The van der Waals surface area contributed by atoms with Crippen LogP contribution in [0, 0.1) is 17.2 Å². The van der Waals surface area contributed by atoms with Crippen molar-refractivity contribution in [3.05, 3.63) is 29.8 Å². The van der Waals surface area contributed by atoms with Crippen molar-refractivity contribution in [3.63, 3.8) is 0 Å². The Morgan fingerprint density at radius 1 is 1.37 bits per heavy atom. The highest BCUT2D eigenvalue weighted by Crippen LogP contribution is 2.31. The van der Waals surface area contributed by atoms with Gasteiger partial charge in [-0.3, -0.25) is 0 Å². The Balaban J connectivity index is 2.56. The van der Waals surface area contributed by atoms with Gasteiger partial charge < -0.3 is 4.57 Å². The van der Waals surface area contributed by atoms with Crippen LogP contribution in [0.4, 0.5) is 4.39 Å². The SMILES string of the molecule is CC(C)C(C)(C)Cn1c(CCl)nc2c(F)cccc21. The second-order valence-electron chi connectivity index (χ2n) is 6.00. The van der Waals surface area contributed by atoms with Crippen LogP contribution in [0.25, 0.3) is 11.0 Å². The molecule has 1 heterocycles. The number of para-hydroxylation sites is 1. The van der Waals surface area contributed by atoms with Gasteiger partial charge in [-0.25, -0.2) is 9.37 Å². The van der Waals surface area contributed by atoms with Crippen molar-refractivity contribution in [1.29, 1.82) is 0 Å². The number of imidazole rings is 1. The quantitative estimate of drug-likeness (QED) is 0.750. The molecule has 1 aromatic heterocycles. The highest BCUT2D eigenvalue weighted by Gasteiger charge is 2.25. The average Bonchev–Trinajstić information content (AvgIpc) is 2.68. The topological polar surface area (TPSA) is 17.8 Å². The van der Waals surface area contributed by atoms with Crippen LogP contribution < -0.4 is 0 Å². The van der Waals surface area contributed by atoms with Gasteiger partial charge in [0.1, 0.15) is 11.3 Å². The molecule has 0 radical (unpaired) electrons. The van der Waals surface area contributed by atoms with E-state index in [-0.39, 0.29) is 11.2 Å². The van der Waals surface area contributed by atoms with Crippen molar-refractivity contribution < 1.29 is 4.39 Å². The summed E-state index contributed by atoms with van der Waals surface area (Å²) in [5.74, 6) is 1.25. The number of benzene rings is 1. The van der Waals surface area contributed by atoms with Gasteiger partial charge in [0.25, 0.3) is 0 Å². The third kappa shape index (κ3) is 2.62. The van der Waals surface area contributed by atoms with E-state index in [0.29, 0.717) is 17.3 Å². The van der Waals surface area contributed by atoms with Crippen molar-refractivity contribution >= 4 is 22.6 Å². The standard InChI is InChI=1S/C15H20ClFN2/c1-10(2)15(3,4)9-19-12-7-5-6-11(17)14(12)18-13(19)8-16/h5-7,10H,8-9H2,1-4H3. The maximum atomic E-state index is 13.8. The molecule has 2 nitrogen and oxygen atoms in total. The number of rotatable bonds is 4. The Hall–Kier alpha value is -1.09. The maximum Gasteiger partial charge on any atom is 0.151 e. The van der Waals surface area contributed by atoms with Crippen molar-refractivity contribution in [1.82, 2.24) is 9.55 Å². The van der Waals surface area contributed by atoms with Gasteiger partial charge in [-0.1, -0.05) is 33.8 Å². The second-order valence-corrected chi connectivity index (χ2v) is 6.27. The predicted molar refractivity (Wildman–Crippen MR) is 77.9 cm³/mol. The predicted octanol–water partition coefficient (Wildman–Crippen LogP) is 4.60. The summed E-state index contributed by atoms with van der Waals surface area (Å²) in [7, 11) is 0. The Morgan fingerprint density at radius 2 is 2.05 bits per heavy atom. The normalized spacial score (nSPS) is 12.6. The third-order valence-electron chi connectivity index (χ3n) is 4.06. The van der Waals surface area contributed by atoms with Crippen LogP contribution in [0.5, 0.6) is 0 Å². The van der Waals surface area contributed by atoms with Crippen LogP contribution in [0.1, 0.15) is 33.5 Å². The molecular weight excluding hydrogens is 263 g/mol. The zero-order valence-corrected chi connectivity index (χ0v) is 12.6. The second kappa shape index (κ2) is 5.12.